The monoisotopic (exact) mass is 558 g/mol. The molecular weight excluding hydrogens is 539 g/mol. The molecule has 1 aromatic heterocycles. The molecule has 1 heterocycles. The van der Waals surface area contributed by atoms with Crippen LogP contribution in [0.5, 0.6) is 5.75 Å². The first-order chi connectivity index (χ1) is 17.9. The molecule has 0 saturated carbocycles. The summed E-state index contributed by atoms with van der Waals surface area (Å²) < 4.78 is 21.7. The van der Waals surface area contributed by atoms with Crippen LogP contribution in [0.25, 0.3) is 21.7 Å². The van der Waals surface area contributed by atoms with Crippen molar-refractivity contribution >= 4 is 55.4 Å². The number of para-hydroxylation sites is 1. The molecule has 4 aromatic carbocycles. The lowest BCUT2D eigenvalue weighted by molar-refractivity contribution is -0.118. The van der Waals surface area contributed by atoms with E-state index in [1.807, 2.05) is 36.4 Å². The van der Waals surface area contributed by atoms with Gasteiger partial charge in [-0.1, -0.05) is 58.4 Å². The van der Waals surface area contributed by atoms with E-state index in [1.165, 1.54) is 23.0 Å². The minimum absolute atomic E-state index is 0.0710. The quantitative estimate of drug-likeness (QED) is 0.272. The average molecular weight is 559 g/mol. The Hall–Kier alpha value is -4.37. The molecule has 9 heteroatoms. The number of nitrogens with zero attached hydrogens (tertiary/aromatic N) is 3. The van der Waals surface area contributed by atoms with Gasteiger partial charge in [0.2, 0.25) is 0 Å². The van der Waals surface area contributed by atoms with Crippen LogP contribution in [0.1, 0.15) is 11.4 Å². The Balaban J connectivity index is 1.49. The van der Waals surface area contributed by atoms with Gasteiger partial charge >= 0.3 is 0 Å². The minimum atomic E-state index is -0.536. The summed E-state index contributed by atoms with van der Waals surface area (Å²) in [6.07, 6.45) is 1.52. The van der Waals surface area contributed by atoms with E-state index in [0.29, 0.717) is 28.0 Å². The smallest absolute Gasteiger partial charge is 0.282 e. The number of nitrogens with one attached hydrogen (secondary N) is 1. The van der Waals surface area contributed by atoms with Gasteiger partial charge in [-0.3, -0.25) is 9.59 Å². The Labute approximate surface area is 219 Å². The highest BCUT2D eigenvalue weighted by molar-refractivity contribution is 9.10. The molecule has 0 saturated heterocycles. The molecule has 5 aromatic rings. The molecule has 1 N–H and O–H groups in total. The molecule has 0 unspecified atom stereocenters. The van der Waals surface area contributed by atoms with Crippen LogP contribution in [0.15, 0.2) is 93.2 Å². The van der Waals surface area contributed by atoms with E-state index in [4.69, 9.17) is 4.74 Å². The molecule has 0 bridgehead atoms. The number of hydrogen-bond donors (Lipinski definition) is 1. The van der Waals surface area contributed by atoms with Crippen molar-refractivity contribution in [3.63, 3.8) is 0 Å². The van der Waals surface area contributed by atoms with Gasteiger partial charge in [-0.15, -0.1) is 0 Å². The fourth-order valence-corrected chi connectivity index (χ4v) is 4.30. The summed E-state index contributed by atoms with van der Waals surface area (Å²) in [5.41, 5.74) is 0.915. The van der Waals surface area contributed by atoms with Crippen molar-refractivity contribution in [3.05, 3.63) is 111 Å². The third kappa shape index (κ3) is 5.12. The standard InChI is InChI=1S/C28H20BrFN4O3/c1-17-32-24-12-11-19(29)14-21(24)28(36)34(17)31-15-22-20-7-3-2-6-18(20)10-13-26(22)37-16-27(35)33-25-9-5-4-8-23(25)30/h2-15H,16H2,1H3,(H,33,35). The highest BCUT2D eigenvalue weighted by Gasteiger charge is 2.13. The molecular formula is C28H20BrFN4O3. The number of ether oxygens (including phenoxy) is 1. The molecule has 7 nitrogen and oxygen atoms in total. The zero-order chi connectivity index (χ0) is 25.9. The lowest BCUT2D eigenvalue weighted by Crippen LogP contribution is -2.21. The maximum absolute atomic E-state index is 13.9. The normalized spacial score (nSPS) is 11.3. The van der Waals surface area contributed by atoms with Crippen molar-refractivity contribution in [1.29, 1.82) is 0 Å². The number of benzene rings is 4. The Kier molecular flexibility index (Phi) is 6.78. The number of hydrogen-bond acceptors (Lipinski definition) is 5. The lowest BCUT2D eigenvalue weighted by Gasteiger charge is -2.12. The Morgan fingerprint density at radius 3 is 2.70 bits per heavy atom. The summed E-state index contributed by atoms with van der Waals surface area (Å²) >= 11 is 3.39. The largest absolute Gasteiger partial charge is 0.483 e. The van der Waals surface area contributed by atoms with Crippen molar-refractivity contribution < 1.29 is 13.9 Å². The van der Waals surface area contributed by atoms with Gasteiger partial charge in [0, 0.05) is 10.0 Å². The summed E-state index contributed by atoms with van der Waals surface area (Å²) in [5, 5.41) is 9.12. The zero-order valence-electron chi connectivity index (χ0n) is 19.6. The van der Waals surface area contributed by atoms with Crippen LogP contribution < -0.4 is 15.6 Å². The molecule has 37 heavy (non-hydrogen) atoms. The predicted molar refractivity (Wildman–Crippen MR) is 146 cm³/mol. The van der Waals surface area contributed by atoms with Gasteiger partial charge in [-0.25, -0.2) is 9.37 Å². The number of amides is 1. The van der Waals surface area contributed by atoms with Crippen LogP contribution >= 0.6 is 15.9 Å². The van der Waals surface area contributed by atoms with E-state index in [2.05, 4.69) is 31.3 Å². The van der Waals surface area contributed by atoms with Gasteiger partial charge in [0.05, 0.1) is 22.8 Å². The summed E-state index contributed by atoms with van der Waals surface area (Å²) in [6, 6.07) is 22.4. The minimum Gasteiger partial charge on any atom is -0.483 e. The van der Waals surface area contributed by atoms with Crippen LogP contribution in [-0.4, -0.2) is 28.4 Å². The fourth-order valence-electron chi connectivity index (χ4n) is 3.94. The number of rotatable bonds is 6. The summed E-state index contributed by atoms with van der Waals surface area (Å²) in [5.74, 6) is -0.250. The number of aromatic nitrogens is 2. The third-order valence-corrected chi connectivity index (χ3v) is 6.20. The second-order valence-corrected chi connectivity index (χ2v) is 9.11. The van der Waals surface area contributed by atoms with E-state index >= 15 is 0 Å². The topological polar surface area (TPSA) is 85.6 Å². The maximum atomic E-state index is 13.9. The summed E-state index contributed by atoms with van der Waals surface area (Å²) in [7, 11) is 0. The van der Waals surface area contributed by atoms with Crippen molar-refractivity contribution in [1.82, 2.24) is 9.66 Å². The van der Waals surface area contributed by atoms with Crippen molar-refractivity contribution in [2.24, 2.45) is 5.10 Å². The van der Waals surface area contributed by atoms with E-state index < -0.39 is 11.7 Å². The molecule has 5 rings (SSSR count). The number of carbonyl (C=O) groups is 1. The van der Waals surface area contributed by atoms with Crippen LogP contribution in [0.4, 0.5) is 10.1 Å². The highest BCUT2D eigenvalue weighted by atomic mass is 79.9. The second-order valence-electron chi connectivity index (χ2n) is 8.20. The van der Waals surface area contributed by atoms with Gasteiger partial charge in [0.25, 0.3) is 11.5 Å². The van der Waals surface area contributed by atoms with Gasteiger partial charge in [0.15, 0.2) is 6.61 Å². The van der Waals surface area contributed by atoms with Gasteiger partial charge in [0.1, 0.15) is 17.4 Å². The molecule has 0 spiro atoms. The second kappa shape index (κ2) is 10.3. The Morgan fingerprint density at radius 2 is 1.86 bits per heavy atom. The first-order valence-corrected chi connectivity index (χ1v) is 12.1. The first-order valence-electron chi connectivity index (χ1n) is 11.3. The molecule has 0 aliphatic carbocycles. The number of aryl methyl sites for hydroxylation is 1. The summed E-state index contributed by atoms with van der Waals surface area (Å²) in [4.78, 5) is 30.1. The molecule has 0 atom stereocenters. The third-order valence-electron chi connectivity index (χ3n) is 5.71. The number of halogens is 2. The molecule has 0 aliphatic heterocycles. The number of fused-ring (bicyclic) bond motifs is 2. The first kappa shape index (κ1) is 24.3. The van der Waals surface area contributed by atoms with E-state index in [-0.39, 0.29) is 17.9 Å². The lowest BCUT2D eigenvalue weighted by atomic mass is 10.0. The molecule has 0 fully saturated rings. The fraction of sp³-hybridized carbons (Fsp3) is 0.0714. The van der Waals surface area contributed by atoms with Crippen LogP contribution in [-0.2, 0) is 4.79 Å². The Bertz CT molecular complexity index is 1750. The van der Waals surface area contributed by atoms with Crippen LogP contribution in [0.3, 0.4) is 0 Å². The zero-order valence-corrected chi connectivity index (χ0v) is 21.2. The van der Waals surface area contributed by atoms with Crippen molar-refractivity contribution in [2.75, 3.05) is 11.9 Å². The Morgan fingerprint density at radius 1 is 1.08 bits per heavy atom. The molecule has 0 aliphatic rings. The van der Waals surface area contributed by atoms with Gasteiger partial charge in [-0.2, -0.15) is 9.78 Å². The average Bonchev–Trinajstić information content (AvgIpc) is 2.89. The molecule has 184 valence electrons. The van der Waals surface area contributed by atoms with Crippen LogP contribution in [0, 0.1) is 12.7 Å². The van der Waals surface area contributed by atoms with Crippen molar-refractivity contribution in [2.45, 2.75) is 6.92 Å². The van der Waals surface area contributed by atoms with Crippen LogP contribution in [0.2, 0.25) is 0 Å². The predicted octanol–water partition coefficient (Wildman–Crippen LogP) is 5.66. The summed E-state index contributed by atoms with van der Waals surface area (Å²) in [6.45, 7) is 1.35. The number of carbonyl (C=O) groups excluding carboxylic acids is 1. The van der Waals surface area contributed by atoms with Gasteiger partial charge < -0.3 is 10.1 Å². The molecule has 1 amide bonds. The molecule has 0 radical (unpaired) electrons. The van der Waals surface area contributed by atoms with Crippen molar-refractivity contribution in [3.8, 4) is 5.75 Å². The number of anilines is 1. The van der Waals surface area contributed by atoms with E-state index in [1.54, 1.807) is 37.3 Å². The van der Waals surface area contributed by atoms with E-state index in [9.17, 15) is 14.0 Å². The highest BCUT2D eigenvalue weighted by Crippen LogP contribution is 2.27. The van der Waals surface area contributed by atoms with E-state index in [0.717, 1.165) is 15.2 Å². The van der Waals surface area contributed by atoms with Gasteiger partial charge in [-0.05, 0) is 54.1 Å². The SMILES string of the molecule is Cc1nc2ccc(Br)cc2c(=O)n1N=Cc1c(OCC(=O)Nc2ccccc2F)ccc2ccccc12. The maximum Gasteiger partial charge on any atom is 0.282 e.